The largest absolute Gasteiger partial charge is 0.473 e. The molecule has 1 aliphatic carbocycles. The molecule has 0 spiro atoms. The minimum absolute atomic E-state index is 0.0251. The highest BCUT2D eigenvalue weighted by Gasteiger charge is 2.28. The first-order valence-corrected chi connectivity index (χ1v) is 6.62. The zero-order valence-corrected chi connectivity index (χ0v) is 11.2. The lowest BCUT2D eigenvalue weighted by molar-refractivity contribution is -0.386. The number of nitrogens with zero attached hydrogens (tertiary/aromatic N) is 2. The number of hydrogen-bond donors (Lipinski definition) is 1. The Morgan fingerprint density at radius 2 is 2.26 bits per heavy atom. The van der Waals surface area contributed by atoms with Gasteiger partial charge in [-0.1, -0.05) is 18.0 Å². The molecule has 104 valence electrons. The summed E-state index contributed by atoms with van der Waals surface area (Å²) in [6, 6.07) is 1.25. The Balaban J connectivity index is 2.05. The molecular weight excluding hydrogens is 270 g/mol. The highest BCUT2D eigenvalue weighted by molar-refractivity contribution is 6.30. The second-order valence-corrected chi connectivity index (χ2v) is 5.17. The first kappa shape index (κ1) is 14.0. The van der Waals surface area contributed by atoms with Crippen molar-refractivity contribution in [3.05, 3.63) is 27.4 Å². The minimum atomic E-state index is -0.538. The van der Waals surface area contributed by atoms with Crippen LogP contribution in [0.4, 0.5) is 5.69 Å². The van der Waals surface area contributed by atoms with E-state index >= 15 is 0 Å². The van der Waals surface area contributed by atoms with E-state index in [2.05, 4.69) is 4.98 Å². The molecule has 1 aliphatic rings. The fourth-order valence-corrected chi connectivity index (χ4v) is 2.64. The van der Waals surface area contributed by atoms with E-state index < -0.39 is 4.92 Å². The monoisotopic (exact) mass is 285 g/mol. The van der Waals surface area contributed by atoms with Crippen molar-refractivity contribution in [3.63, 3.8) is 0 Å². The van der Waals surface area contributed by atoms with Crippen molar-refractivity contribution in [3.8, 4) is 5.88 Å². The van der Waals surface area contributed by atoms with Crippen LogP contribution in [0.5, 0.6) is 5.88 Å². The molecule has 1 fully saturated rings. The van der Waals surface area contributed by atoms with Gasteiger partial charge in [-0.2, -0.15) is 0 Å². The third kappa shape index (κ3) is 3.33. The molecule has 1 heterocycles. The van der Waals surface area contributed by atoms with Gasteiger partial charge in [0.2, 0.25) is 0 Å². The van der Waals surface area contributed by atoms with E-state index in [9.17, 15) is 10.1 Å². The fourth-order valence-electron chi connectivity index (χ4n) is 2.49. The van der Waals surface area contributed by atoms with E-state index in [0.717, 1.165) is 19.3 Å². The number of nitro groups is 1. The number of aromatic nitrogens is 1. The van der Waals surface area contributed by atoms with Gasteiger partial charge in [0.05, 0.1) is 22.7 Å². The predicted molar refractivity (Wildman–Crippen MR) is 71.3 cm³/mol. The van der Waals surface area contributed by atoms with Gasteiger partial charge in [0, 0.05) is 6.07 Å². The van der Waals surface area contributed by atoms with Gasteiger partial charge in [-0.25, -0.2) is 4.98 Å². The molecule has 2 atom stereocenters. The van der Waals surface area contributed by atoms with E-state index in [-0.39, 0.29) is 16.6 Å². The van der Waals surface area contributed by atoms with Gasteiger partial charge < -0.3 is 10.5 Å². The van der Waals surface area contributed by atoms with Crippen LogP contribution in [0.2, 0.25) is 5.02 Å². The van der Waals surface area contributed by atoms with Gasteiger partial charge in [-0.15, -0.1) is 0 Å². The van der Waals surface area contributed by atoms with Crippen LogP contribution >= 0.6 is 11.6 Å². The van der Waals surface area contributed by atoms with Crippen LogP contribution in [0.3, 0.4) is 0 Å². The number of ether oxygens (including phenoxy) is 1. The van der Waals surface area contributed by atoms with Crippen LogP contribution in [0.15, 0.2) is 12.3 Å². The smallest absolute Gasteiger partial charge is 0.332 e. The fraction of sp³-hybridized carbons (Fsp3) is 0.583. The lowest BCUT2D eigenvalue weighted by Gasteiger charge is -2.17. The summed E-state index contributed by atoms with van der Waals surface area (Å²) in [6.07, 6.45) is 4.62. The molecule has 0 aromatic carbocycles. The second kappa shape index (κ2) is 6.16. The van der Waals surface area contributed by atoms with Crippen LogP contribution in [0.1, 0.15) is 19.3 Å². The topological polar surface area (TPSA) is 91.3 Å². The Morgan fingerprint density at radius 3 is 2.95 bits per heavy atom. The standard InChI is InChI=1S/C12H16ClN3O3/c13-10-4-11(16(17)18)12(15-6-10)19-7-9-3-1-2-8(9)5-14/h4,6,8-9H,1-3,5,7,14H2. The number of rotatable bonds is 5. The van der Waals surface area contributed by atoms with Crippen LogP contribution in [0.25, 0.3) is 0 Å². The maximum absolute atomic E-state index is 10.9. The van der Waals surface area contributed by atoms with Gasteiger partial charge >= 0.3 is 5.69 Å². The Bertz CT molecular complexity index is 470. The summed E-state index contributed by atoms with van der Waals surface area (Å²) in [5.41, 5.74) is 5.50. The molecule has 0 amide bonds. The number of pyridine rings is 1. The van der Waals surface area contributed by atoms with Crippen LogP contribution < -0.4 is 10.5 Å². The minimum Gasteiger partial charge on any atom is -0.473 e. The van der Waals surface area contributed by atoms with Crippen molar-refractivity contribution in [1.82, 2.24) is 4.98 Å². The summed E-state index contributed by atoms with van der Waals surface area (Å²) in [6.45, 7) is 1.04. The zero-order valence-electron chi connectivity index (χ0n) is 10.4. The molecule has 0 saturated heterocycles. The molecule has 2 rings (SSSR count). The molecule has 1 saturated carbocycles. The molecule has 0 aliphatic heterocycles. The molecular formula is C12H16ClN3O3. The third-order valence-corrected chi connectivity index (χ3v) is 3.76. The third-order valence-electron chi connectivity index (χ3n) is 3.55. The number of nitrogens with two attached hydrogens (primary N) is 1. The zero-order chi connectivity index (χ0) is 13.8. The Labute approximate surface area is 116 Å². The van der Waals surface area contributed by atoms with Crippen molar-refractivity contribution >= 4 is 17.3 Å². The van der Waals surface area contributed by atoms with Crippen LogP contribution in [0, 0.1) is 22.0 Å². The normalized spacial score (nSPS) is 22.4. The Kier molecular flexibility index (Phi) is 4.55. The molecule has 0 bridgehead atoms. The molecule has 7 heteroatoms. The van der Waals surface area contributed by atoms with Gasteiger partial charge in [-0.05, 0) is 31.2 Å². The van der Waals surface area contributed by atoms with E-state index in [0.29, 0.717) is 25.0 Å². The Morgan fingerprint density at radius 1 is 1.53 bits per heavy atom. The predicted octanol–water partition coefficient (Wildman–Crippen LogP) is 2.40. The number of halogens is 1. The van der Waals surface area contributed by atoms with E-state index in [1.165, 1.54) is 12.3 Å². The molecule has 1 aromatic rings. The summed E-state index contributed by atoms with van der Waals surface area (Å²) >= 11 is 5.69. The average molecular weight is 286 g/mol. The molecule has 0 radical (unpaired) electrons. The van der Waals surface area contributed by atoms with Crippen molar-refractivity contribution in [2.75, 3.05) is 13.2 Å². The summed E-state index contributed by atoms with van der Waals surface area (Å²) < 4.78 is 5.50. The lowest BCUT2D eigenvalue weighted by atomic mass is 9.97. The molecule has 2 unspecified atom stereocenters. The molecule has 6 nitrogen and oxygen atoms in total. The SMILES string of the molecule is NCC1CCCC1COc1ncc(Cl)cc1[N+](=O)[O-]. The van der Waals surface area contributed by atoms with Gasteiger partial charge in [0.15, 0.2) is 0 Å². The van der Waals surface area contributed by atoms with Crippen molar-refractivity contribution < 1.29 is 9.66 Å². The highest BCUT2D eigenvalue weighted by atomic mass is 35.5. The summed E-state index contributed by atoms with van der Waals surface area (Å²) in [5, 5.41) is 11.1. The maximum Gasteiger partial charge on any atom is 0.332 e. The summed E-state index contributed by atoms with van der Waals surface area (Å²) in [5.74, 6) is 0.811. The van der Waals surface area contributed by atoms with Gasteiger partial charge in [0.25, 0.3) is 5.88 Å². The second-order valence-electron chi connectivity index (χ2n) is 4.73. The highest BCUT2D eigenvalue weighted by Crippen LogP contribution is 2.33. The van der Waals surface area contributed by atoms with Crippen LogP contribution in [-0.4, -0.2) is 23.1 Å². The van der Waals surface area contributed by atoms with Crippen molar-refractivity contribution in [2.24, 2.45) is 17.6 Å². The molecule has 1 aromatic heterocycles. The summed E-state index contributed by atoms with van der Waals surface area (Å²) in [4.78, 5) is 14.2. The van der Waals surface area contributed by atoms with E-state index in [4.69, 9.17) is 22.1 Å². The molecule has 2 N–H and O–H groups in total. The first-order valence-electron chi connectivity index (χ1n) is 6.24. The van der Waals surface area contributed by atoms with Gasteiger partial charge in [-0.3, -0.25) is 10.1 Å². The van der Waals surface area contributed by atoms with Crippen molar-refractivity contribution in [1.29, 1.82) is 0 Å². The quantitative estimate of drug-likeness (QED) is 0.662. The first-order chi connectivity index (χ1) is 9.11. The molecule has 19 heavy (non-hydrogen) atoms. The van der Waals surface area contributed by atoms with Gasteiger partial charge in [0.1, 0.15) is 0 Å². The Hall–Kier alpha value is -1.40. The average Bonchev–Trinajstić information content (AvgIpc) is 2.84. The van der Waals surface area contributed by atoms with E-state index in [1.54, 1.807) is 0 Å². The van der Waals surface area contributed by atoms with E-state index in [1.807, 2.05) is 0 Å². The number of hydrogen-bond acceptors (Lipinski definition) is 5. The maximum atomic E-state index is 10.9. The van der Waals surface area contributed by atoms with Crippen molar-refractivity contribution in [2.45, 2.75) is 19.3 Å². The summed E-state index contributed by atoms with van der Waals surface area (Å²) in [7, 11) is 0. The lowest BCUT2D eigenvalue weighted by Crippen LogP contribution is -2.23. The van der Waals surface area contributed by atoms with Crippen LogP contribution in [-0.2, 0) is 0 Å².